The van der Waals surface area contributed by atoms with Crippen LogP contribution in [0.25, 0.3) is 0 Å². The first kappa shape index (κ1) is 14.3. The van der Waals surface area contributed by atoms with Crippen LogP contribution in [0.4, 0.5) is 0 Å². The zero-order valence-corrected chi connectivity index (χ0v) is 12.2. The van der Waals surface area contributed by atoms with Crippen LogP contribution in [0.2, 0.25) is 0 Å². The van der Waals surface area contributed by atoms with Crippen molar-refractivity contribution in [2.24, 2.45) is 11.8 Å². The van der Waals surface area contributed by atoms with Gasteiger partial charge in [0, 0.05) is 6.07 Å². The molecule has 4 heteroatoms. The standard InChI is InChI=1S/C15H25N3O/c1-4-11-6-5-7-12(8-11)15(16-2)13-9-14(19-3)18-10-17-13/h9-12,15-16H,4-8H2,1-3H3. The van der Waals surface area contributed by atoms with E-state index in [1.54, 1.807) is 13.4 Å². The number of hydrogen-bond donors (Lipinski definition) is 1. The van der Waals surface area contributed by atoms with Crippen LogP contribution in [0.1, 0.15) is 50.8 Å². The molecule has 19 heavy (non-hydrogen) atoms. The van der Waals surface area contributed by atoms with Crippen molar-refractivity contribution in [2.45, 2.75) is 45.1 Å². The minimum atomic E-state index is 0.311. The summed E-state index contributed by atoms with van der Waals surface area (Å²) in [7, 11) is 3.67. The van der Waals surface area contributed by atoms with E-state index in [9.17, 15) is 0 Å². The first-order valence-corrected chi connectivity index (χ1v) is 7.31. The number of nitrogens with zero attached hydrogens (tertiary/aromatic N) is 2. The summed E-state index contributed by atoms with van der Waals surface area (Å²) in [6.07, 6.45) is 8.20. The fourth-order valence-electron chi connectivity index (χ4n) is 3.27. The summed E-state index contributed by atoms with van der Waals surface area (Å²) in [5, 5.41) is 3.44. The maximum absolute atomic E-state index is 5.20. The van der Waals surface area contributed by atoms with Crippen molar-refractivity contribution < 1.29 is 4.74 Å². The lowest BCUT2D eigenvalue weighted by Crippen LogP contribution is -2.30. The van der Waals surface area contributed by atoms with Crippen LogP contribution in [0.5, 0.6) is 5.88 Å². The molecule has 1 aromatic rings. The van der Waals surface area contributed by atoms with Gasteiger partial charge in [0.2, 0.25) is 5.88 Å². The predicted octanol–water partition coefficient (Wildman–Crippen LogP) is 2.96. The van der Waals surface area contributed by atoms with E-state index in [4.69, 9.17) is 4.74 Å². The molecule has 1 fully saturated rings. The van der Waals surface area contributed by atoms with E-state index in [2.05, 4.69) is 22.2 Å². The average molecular weight is 263 g/mol. The van der Waals surface area contributed by atoms with Gasteiger partial charge in [0.1, 0.15) is 6.33 Å². The van der Waals surface area contributed by atoms with E-state index < -0.39 is 0 Å². The van der Waals surface area contributed by atoms with Gasteiger partial charge in [-0.1, -0.05) is 26.2 Å². The second kappa shape index (κ2) is 6.85. The summed E-state index contributed by atoms with van der Waals surface area (Å²) < 4.78 is 5.20. The molecule has 0 saturated heterocycles. The van der Waals surface area contributed by atoms with Gasteiger partial charge in [-0.3, -0.25) is 0 Å². The molecule has 3 unspecified atom stereocenters. The van der Waals surface area contributed by atoms with Crippen molar-refractivity contribution >= 4 is 0 Å². The number of aromatic nitrogens is 2. The Morgan fingerprint density at radius 1 is 1.42 bits per heavy atom. The van der Waals surface area contributed by atoms with Crippen LogP contribution in [0, 0.1) is 11.8 Å². The fraction of sp³-hybridized carbons (Fsp3) is 0.733. The fourth-order valence-corrected chi connectivity index (χ4v) is 3.27. The smallest absolute Gasteiger partial charge is 0.216 e. The van der Waals surface area contributed by atoms with E-state index in [1.807, 2.05) is 13.1 Å². The summed E-state index contributed by atoms with van der Waals surface area (Å²) in [6.45, 7) is 2.30. The molecule has 1 aromatic heterocycles. The molecule has 0 aliphatic heterocycles. The zero-order valence-electron chi connectivity index (χ0n) is 12.2. The van der Waals surface area contributed by atoms with E-state index in [0.29, 0.717) is 17.8 Å². The lowest BCUT2D eigenvalue weighted by molar-refractivity contribution is 0.212. The molecule has 3 atom stereocenters. The molecule has 1 saturated carbocycles. The van der Waals surface area contributed by atoms with E-state index in [1.165, 1.54) is 32.1 Å². The van der Waals surface area contributed by atoms with Crippen molar-refractivity contribution in [2.75, 3.05) is 14.2 Å². The molecule has 1 heterocycles. The van der Waals surface area contributed by atoms with Gasteiger partial charge in [0.25, 0.3) is 0 Å². The Kier molecular flexibility index (Phi) is 5.14. The van der Waals surface area contributed by atoms with Crippen molar-refractivity contribution in [3.05, 3.63) is 18.1 Å². The van der Waals surface area contributed by atoms with Crippen LogP contribution >= 0.6 is 0 Å². The van der Waals surface area contributed by atoms with E-state index in [0.717, 1.165) is 11.6 Å². The molecule has 1 aliphatic rings. The van der Waals surface area contributed by atoms with Gasteiger partial charge >= 0.3 is 0 Å². The van der Waals surface area contributed by atoms with Crippen molar-refractivity contribution in [3.63, 3.8) is 0 Å². The minimum Gasteiger partial charge on any atom is -0.481 e. The Hall–Kier alpha value is -1.16. The molecule has 2 rings (SSSR count). The van der Waals surface area contributed by atoms with Gasteiger partial charge in [-0.05, 0) is 31.7 Å². The van der Waals surface area contributed by atoms with Crippen LogP contribution in [0.3, 0.4) is 0 Å². The molecule has 1 N–H and O–H groups in total. The molecule has 0 amide bonds. The van der Waals surface area contributed by atoms with Crippen molar-refractivity contribution in [1.82, 2.24) is 15.3 Å². The Bertz CT molecular complexity index is 397. The highest BCUT2D eigenvalue weighted by Crippen LogP contribution is 2.38. The molecular formula is C15H25N3O. The summed E-state index contributed by atoms with van der Waals surface area (Å²) in [4.78, 5) is 8.52. The summed E-state index contributed by atoms with van der Waals surface area (Å²) in [5.41, 5.74) is 1.05. The molecule has 106 valence electrons. The molecule has 4 nitrogen and oxygen atoms in total. The third-order valence-corrected chi connectivity index (χ3v) is 4.37. The van der Waals surface area contributed by atoms with Gasteiger partial charge in [0.05, 0.1) is 18.8 Å². The molecule has 0 bridgehead atoms. The van der Waals surface area contributed by atoms with E-state index in [-0.39, 0.29) is 0 Å². The second-order valence-electron chi connectivity index (χ2n) is 5.45. The quantitative estimate of drug-likeness (QED) is 0.887. The topological polar surface area (TPSA) is 47.0 Å². The van der Waals surface area contributed by atoms with Gasteiger partial charge in [0.15, 0.2) is 0 Å². The highest BCUT2D eigenvalue weighted by Gasteiger charge is 2.28. The lowest BCUT2D eigenvalue weighted by Gasteiger charge is -2.33. The number of hydrogen-bond acceptors (Lipinski definition) is 4. The number of ether oxygens (including phenoxy) is 1. The van der Waals surface area contributed by atoms with Gasteiger partial charge in [-0.15, -0.1) is 0 Å². The Morgan fingerprint density at radius 2 is 2.26 bits per heavy atom. The second-order valence-corrected chi connectivity index (χ2v) is 5.45. The van der Waals surface area contributed by atoms with Gasteiger partial charge in [-0.2, -0.15) is 0 Å². The highest BCUT2D eigenvalue weighted by atomic mass is 16.5. The van der Waals surface area contributed by atoms with Crippen LogP contribution in [-0.4, -0.2) is 24.1 Å². The van der Waals surface area contributed by atoms with E-state index >= 15 is 0 Å². The third-order valence-electron chi connectivity index (χ3n) is 4.37. The SMILES string of the molecule is CCC1CCCC(C(NC)c2cc(OC)ncn2)C1. The van der Waals surface area contributed by atoms with Crippen molar-refractivity contribution in [3.8, 4) is 5.88 Å². The average Bonchev–Trinajstić information content (AvgIpc) is 2.48. The molecule has 1 aliphatic carbocycles. The Labute approximate surface area is 116 Å². The maximum Gasteiger partial charge on any atom is 0.216 e. The molecule has 0 radical (unpaired) electrons. The largest absolute Gasteiger partial charge is 0.481 e. The first-order valence-electron chi connectivity index (χ1n) is 7.31. The number of nitrogens with one attached hydrogen (secondary N) is 1. The van der Waals surface area contributed by atoms with Gasteiger partial charge < -0.3 is 10.1 Å². The molecular weight excluding hydrogens is 238 g/mol. The summed E-state index contributed by atoms with van der Waals surface area (Å²) in [6, 6.07) is 2.27. The summed E-state index contributed by atoms with van der Waals surface area (Å²) in [5.74, 6) is 2.19. The monoisotopic (exact) mass is 263 g/mol. The zero-order chi connectivity index (χ0) is 13.7. The van der Waals surface area contributed by atoms with Crippen LogP contribution in [0.15, 0.2) is 12.4 Å². The molecule has 0 aromatic carbocycles. The highest BCUT2D eigenvalue weighted by molar-refractivity contribution is 5.17. The molecule has 0 spiro atoms. The maximum atomic E-state index is 5.20. The van der Waals surface area contributed by atoms with Crippen LogP contribution < -0.4 is 10.1 Å². The third kappa shape index (κ3) is 3.44. The number of methoxy groups -OCH3 is 1. The minimum absolute atomic E-state index is 0.311. The predicted molar refractivity (Wildman–Crippen MR) is 76.1 cm³/mol. The number of rotatable bonds is 5. The Balaban J connectivity index is 2.13. The first-order chi connectivity index (χ1) is 9.28. The van der Waals surface area contributed by atoms with Crippen molar-refractivity contribution in [1.29, 1.82) is 0 Å². The normalized spacial score (nSPS) is 25.0. The lowest BCUT2D eigenvalue weighted by atomic mass is 9.76. The van der Waals surface area contributed by atoms with Gasteiger partial charge in [-0.25, -0.2) is 9.97 Å². The Morgan fingerprint density at radius 3 is 2.95 bits per heavy atom. The van der Waals surface area contributed by atoms with Crippen LogP contribution in [-0.2, 0) is 0 Å². The summed E-state index contributed by atoms with van der Waals surface area (Å²) >= 11 is 0.